The quantitative estimate of drug-likeness (QED) is 0.880. The van der Waals surface area contributed by atoms with E-state index in [0.717, 1.165) is 0 Å². The Kier molecular flexibility index (Phi) is 4.79. The maximum Gasteiger partial charge on any atom is 0.259 e. The van der Waals surface area contributed by atoms with Crippen LogP contribution < -0.4 is 15.2 Å². The average Bonchev–Trinajstić information content (AvgIpc) is 2.47. The molecule has 0 bridgehead atoms. The molecule has 0 aliphatic carbocycles. The van der Waals surface area contributed by atoms with Gasteiger partial charge in [-0.3, -0.25) is 4.79 Å². The first kappa shape index (κ1) is 16.0. The van der Waals surface area contributed by atoms with E-state index in [2.05, 4.69) is 5.32 Å². The van der Waals surface area contributed by atoms with Gasteiger partial charge in [-0.25, -0.2) is 13.6 Å². The molecule has 2 aromatic carbocycles. The third-order valence-corrected chi connectivity index (χ3v) is 3.76. The van der Waals surface area contributed by atoms with Crippen molar-refractivity contribution in [3.63, 3.8) is 0 Å². The third kappa shape index (κ3) is 3.84. The van der Waals surface area contributed by atoms with Gasteiger partial charge in [0.05, 0.1) is 17.1 Å². The highest BCUT2D eigenvalue weighted by Crippen LogP contribution is 2.20. The zero-order valence-electron chi connectivity index (χ0n) is 11.9. The van der Waals surface area contributed by atoms with Crippen LogP contribution in [0.4, 0.5) is 5.69 Å². The predicted molar refractivity (Wildman–Crippen MR) is 83.4 cm³/mol. The number of anilines is 1. The SMILES string of the molecule is CCOc1ccccc1C(=O)Nc1cccc(S(N)(=O)=O)c1. The van der Waals surface area contributed by atoms with Crippen LogP contribution in [0.15, 0.2) is 53.4 Å². The fraction of sp³-hybridized carbons (Fsp3) is 0.133. The summed E-state index contributed by atoms with van der Waals surface area (Å²) in [5, 5.41) is 7.70. The van der Waals surface area contributed by atoms with Crippen molar-refractivity contribution in [3.05, 3.63) is 54.1 Å². The van der Waals surface area contributed by atoms with Crippen molar-refractivity contribution in [2.24, 2.45) is 5.14 Å². The van der Waals surface area contributed by atoms with Gasteiger partial charge in [0.2, 0.25) is 10.0 Å². The standard InChI is InChI=1S/C15H16N2O4S/c1-2-21-14-9-4-3-8-13(14)15(18)17-11-6-5-7-12(10-11)22(16,19)20/h3-10H,2H2,1H3,(H,17,18)(H2,16,19,20). The summed E-state index contributed by atoms with van der Waals surface area (Å²) in [6.07, 6.45) is 0. The van der Waals surface area contributed by atoms with Crippen LogP contribution in [-0.2, 0) is 10.0 Å². The number of ether oxygens (including phenoxy) is 1. The van der Waals surface area contributed by atoms with Crippen molar-refractivity contribution in [1.82, 2.24) is 0 Å². The van der Waals surface area contributed by atoms with Gasteiger partial charge >= 0.3 is 0 Å². The zero-order chi connectivity index (χ0) is 16.2. The first-order valence-electron chi connectivity index (χ1n) is 6.58. The van der Waals surface area contributed by atoms with Gasteiger partial charge in [-0.05, 0) is 37.3 Å². The molecule has 0 aliphatic heterocycles. The van der Waals surface area contributed by atoms with E-state index < -0.39 is 15.9 Å². The first-order valence-corrected chi connectivity index (χ1v) is 8.12. The molecule has 0 fully saturated rings. The number of sulfonamides is 1. The van der Waals surface area contributed by atoms with E-state index in [1.54, 1.807) is 30.3 Å². The van der Waals surface area contributed by atoms with Crippen molar-refractivity contribution in [2.45, 2.75) is 11.8 Å². The van der Waals surface area contributed by atoms with Gasteiger partial charge in [-0.1, -0.05) is 18.2 Å². The van der Waals surface area contributed by atoms with Crippen LogP contribution in [0.5, 0.6) is 5.75 Å². The van der Waals surface area contributed by atoms with Crippen LogP contribution in [0.25, 0.3) is 0 Å². The average molecular weight is 320 g/mol. The fourth-order valence-corrected chi connectivity index (χ4v) is 2.44. The smallest absolute Gasteiger partial charge is 0.259 e. The normalized spacial score (nSPS) is 11.0. The Morgan fingerprint density at radius 1 is 1.18 bits per heavy atom. The number of hydrogen-bond donors (Lipinski definition) is 2. The Morgan fingerprint density at radius 2 is 1.91 bits per heavy atom. The van der Waals surface area contributed by atoms with E-state index in [0.29, 0.717) is 23.6 Å². The summed E-state index contributed by atoms with van der Waals surface area (Å²) in [6.45, 7) is 2.26. The highest BCUT2D eigenvalue weighted by molar-refractivity contribution is 7.89. The number of nitrogens with one attached hydrogen (secondary N) is 1. The number of hydrogen-bond acceptors (Lipinski definition) is 4. The molecule has 0 saturated heterocycles. The zero-order valence-corrected chi connectivity index (χ0v) is 12.8. The lowest BCUT2D eigenvalue weighted by Gasteiger charge is -2.11. The molecule has 2 rings (SSSR count). The number of para-hydroxylation sites is 1. The lowest BCUT2D eigenvalue weighted by molar-refractivity contribution is 0.102. The van der Waals surface area contributed by atoms with E-state index in [1.165, 1.54) is 18.2 Å². The Hall–Kier alpha value is -2.38. The summed E-state index contributed by atoms with van der Waals surface area (Å²) in [5.41, 5.74) is 0.702. The van der Waals surface area contributed by atoms with E-state index >= 15 is 0 Å². The molecule has 7 heteroatoms. The summed E-state index contributed by atoms with van der Waals surface area (Å²) in [7, 11) is -3.82. The molecular formula is C15H16N2O4S. The number of rotatable bonds is 5. The highest BCUT2D eigenvalue weighted by atomic mass is 32.2. The van der Waals surface area contributed by atoms with E-state index in [9.17, 15) is 13.2 Å². The molecule has 116 valence electrons. The van der Waals surface area contributed by atoms with Crippen LogP contribution in [0, 0.1) is 0 Å². The van der Waals surface area contributed by atoms with Crippen LogP contribution in [0.2, 0.25) is 0 Å². The molecule has 0 heterocycles. The maximum absolute atomic E-state index is 12.3. The van der Waals surface area contributed by atoms with E-state index in [4.69, 9.17) is 9.88 Å². The van der Waals surface area contributed by atoms with E-state index in [1.807, 2.05) is 6.92 Å². The number of benzene rings is 2. The van der Waals surface area contributed by atoms with Crippen molar-refractivity contribution in [2.75, 3.05) is 11.9 Å². The number of nitrogens with two attached hydrogens (primary N) is 1. The molecular weight excluding hydrogens is 304 g/mol. The lowest BCUT2D eigenvalue weighted by atomic mass is 10.2. The molecule has 0 saturated carbocycles. The second-order valence-corrected chi connectivity index (χ2v) is 6.02. The molecule has 0 aromatic heterocycles. The topological polar surface area (TPSA) is 98.5 Å². The molecule has 2 aromatic rings. The molecule has 6 nitrogen and oxygen atoms in total. The van der Waals surface area contributed by atoms with Crippen LogP contribution in [0.1, 0.15) is 17.3 Å². The molecule has 0 spiro atoms. The van der Waals surface area contributed by atoms with Gasteiger partial charge in [-0.2, -0.15) is 0 Å². The minimum atomic E-state index is -3.82. The van der Waals surface area contributed by atoms with Crippen LogP contribution >= 0.6 is 0 Å². The van der Waals surface area contributed by atoms with Gasteiger partial charge in [0.25, 0.3) is 5.91 Å². The molecule has 0 aliphatic rings. The second kappa shape index (κ2) is 6.59. The van der Waals surface area contributed by atoms with Crippen molar-refractivity contribution in [3.8, 4) is 5.75 Å². The predicted octanol–water partition coefficient (Wildman–Crippen LogP) is 1.99. The molecule has 1 amide bonds. The Morgan fingerprint density at radius 3 is 2.59 bits per heavy atom. The van der Waals surface area contributed by atoms with E-state index in [-0.39, 0.29) is 4.90 Å². The summed E-state index contributed by atoms with van der Waals surface area (Å²) < 4.78 is 28.0. The highest BCUT2D eigenvalue weighted by Gasteiger charge is 2.13. The van der Waals surface area contributed by atoms with Crippen LogP contribution in [0.3, 0.4) is 0 Å². The van der Waals surface area contributed by atoms with Gasteiger partial charge in [0.15, 0.2) is 0 Å². The summed E-state index contributed by atoms with van der Waals surface area (Å²) in [5.74, 6) is 0.0701. The minimum absolute atomic E-state index is 0.0663. The largest absolute Gasteiger partial charge is 0.493 e. The molecule has 0 radical (unpaired) electrons. The molecule has 0 unspecified atom stereocenters. The Labute approximate surface area is 129 Å². The first-order chi connectivity index (χ1) is 10.4. The number of carbonyl (C=O) groups is 1. The fourth-order valence-electron chi connectivity index (χ4n) is 1.88. The number of carbonyl (C=O) groups excluding carboxylic acids is 1. The number of primary sulfonamides is 1. The lowest BCUT2D eigenvalue weighted by Crippen LogP contribution is -2.15. The summed E-state index contributed by atoms with van der Waals surface area (Å²) in [4.78, 5) is 12.2. The Balaban J connectivity index is 2.26. The van der Waals surface area contributed by atoms with Gasteiger partial charge in [-0.15, -0.1) is 0 Å². The molecule has 3 N–H and O–H groups in total. The van der Waals surface area contributed by atoms with Crippen molar-refractivity contribution >= 4 is 21.6 Å². The third-order valence-electron chi connectivity index (χ3n) is 2.85. The maximum atomic E-state index is 12.3. The van der Waals surface area contributed by atoms with Crippen molar-refractivity contribution < 1.29 is 17.9 Å². The number of amides is 1. The van der Waals surface area contributed by atoms with Gasteiger partial charge < -0.3 is 10.1 Å². The van der Waals surface area contributed by atoms with Crippen LogP contribution in [-0.4, -0.2) is 20.9 Å². The summed E-state index contributed by atoms with van der Waals surface area (Å²) in [6, 6.07) is 12.6. The molecule has 22 heavy (non-hydrogen) atoms. The van der Waals surface area contributed by atoms with Crippen molar-refractivity contribution in [1.29, 1.82) is 0 Å². The Bertz CT molecular complexity index is 788. The second-order valence-electron chi connectivity index (χ2n) is 4.46. The summed E-state index contributed by atoms with van der Waals surface area (Å²) >= 11 is 0. The monoisotopic (exact) mass is 320 g/mol. The van der Waals surface area contributed by atoms with Gasteiger partial charge in [0, 0.05) is 5.69 Å². The molecule has 0 atom stereocenters. The van der Waals surface area contributed by atoms with Gasteiger partial charge in [0.1, 0.15) is 5.75 Å². The minimum Gasteiger partial charge on any atom is -0.493 e.